The fraction of sp³-hybridized carbons (Fsp3) is 0.368. The molecule has 3 rings (SSSR count). The number of nitrogens with one attached hydrogen (secondary N) is 4. The number of anilines is 1. The maximum Gasteiger partial charge on any atom is 0.274 e. The van der Waals surface area contributed by atoms with Crippen LogP contribution in [-0.4, -0.2) is 48.3 Å². The first-order valence-electron chi connectivity index (χ1n) is 8.81. The number of carbonyl (C=O) groups is 2. The van der Waals surface area contributed by atoms with Gasteiger partial charge in [-0.25, -0.2) is 5.48 Å². The second-order valence-corrected chi connectivity index (χ2v) is 6.74. The summed E-state index contributed by atoms with van der Waals surface area (Å²) in [5.74, 6) is -0.450. The highest BCUT2D eigenvalue weighted by atomic mass is 16.5. The van der Waals surface area contributed by atoms with Crippen molar-refractivity contribution in [1.82, 2.24) is 20.7 Å². The van der Waals surface area contributed by atoms with Gasteiger partial charge in [0.05, 0.1) is 16.9 Å². The second kappa shape index (κ2) is 7.51. The van der Waals surface area contributed by atoms with Crippen LogP contribution in [0.3, 0.4) is 0 Å². The molecule has 1 heterocycles. The number of nitrogens with zero attached hydrogens (tertiary/aromatic N) is 1. The van der Waals surface area contributed by atoms with Gasteiger partial charge >= 0.3 is 0 Å². The normalized spacial score (nSPS) is 15.3. The van der Waals surface area contributed by atoms with Crippen LogP contribution >= 0.6 is 0 Å². The van der Waals surface area contributed by atoms with E-state index in [1.807, 2.05) is 39.5 Å². The second-order valence-electron chi connectivity index (χ2n) is 6.74. The average Bonchev–Trinajstić information content (AvgIpc) is 3.05. The third-order valence-corrected chi connectivity index (χ3v) is 5.30. The highest BCUT2D eigenvalue weighted by Crippen LogP contribution is 2.33. The van der Waals surface area contributed by atoms with Crippen LogP contribution in [0.25, 0.3) is 0 Å². The molecule has 0 fully saturated rings. The Kier molecular flexibility index (Phi) is 5.31. The van der Waals surface area contributed by atoms with Gasteiger partial charge in [0.15, 0.2) is 5.78 Å². The van der Waals surface area contributed by atoms with E-state index in [0.29, 0.717) is 24.9 Å². The Balaban J connectivity index is 1.95. The van der Waals surface area contributed by atoms with Crippen molar-refractivity contribution in [2.24, 2.45) is 0 Å². The molecule has 0 saturated heterocycles. The number of Topliss-reactive ketones (excluding diaryl/α,β-unsaturated/α-hetero) is 1. The van der Waals surface area contributed by atoms with E-state index in [0.717, 1.165) is 22.5 Å². The lowest BCUT2D eigenvalue weighted by Crippen LogP contribution is -2.58. The number of aromatic nitrogens is 1. The molecule has 8 nitrogen and oxygen atoms in total. The number of ketones is 1. The topological polar surface area (TPSA) is 107 Å². The lowest BCUT2D eigenvalue weighted by molar-refractivity contribution is 0.0706. The van der Waals surface area contributed by atoms with E-state index < -0.39 is 11.6 Å². The number of hydrogen-bond donors (Lipinski definition) is 5. The number of hydroxylamine groups is 1. The Hall–Kier alpha value is -2.68. The Morgan fingerprint density at radius 3 is 2.37 bits per heavy atom. The molecule has 1 amide bonds. The molecule has 1 aromatic carbocycles. The monoisotopic (exact) mass is 371 g/mol. The summed E-state index contributed by atoms with van der Waals surface area (Å²) in [7, 11) is 5.52. The third-order valence-electron chi connectivity index (χ3n) is 5.30. The van der Waals surface area contributed by atoms with Gasteiger partial charge in [0.25, 0.3) is 5.91 Å². The molecule has 0 bridgehead atoms. The van der Waals surface area contributed by atoms with Gasteiger partial charge in [-0.15, -0.1) is 0 Å². The van der Waals surface area contributed by atoms with Gasteiger partial charge < -0.3 is 20.5 Å². The van der Waals surface area contributed by atoms with Gasteiger partial charge in [-0.05, 0) is 31.8 Å². The molecule has 8 heteroatoms. The number of hydrogen-bond acceptors (Lipinski definition) is 6. The van der Waals surface area contributed by atoms with Crippen molar-refractivity contribution in [3.05, 3.63) is 52.8 Å². The van der Waals surface area contributed by atoms with Crippen LogP contribution in [0.1, 0.15) is 38.4 Å². The van der Waals surface area contributed by atoms with E-state index in [4.69, 9.17) is 5.21 Å². The summed E-state index contributed by atoms with van der Waals surface area (Å²) in [5, 5.41) is 18.3. The SMILES string of the molecule is CNc1cn(Cc2ccc(C(=O)NO)cc2)c2c1C(=O)CC(NC)(NC)C2. The number of carbonyl (C=O) groups excluding carboxylic acids is 2. The van der Waals surface area contributed by atoms with Crippen LogP contribution in [0.2, 0.25) is 0 Å². The maximum absolute atomic E-state index is 12.8. The molecular formula is C19H25N5O3. The van der Waals surface area contributed by atoms with Crippen molar-refractivity contribution in [1.29, 1.82) is 0 Å². The molecule has 0 atom stereocenters. The summed E-state index contributed by atoms with van der Waals surface area (Å²) in [5.41, 5.74) is 5.07. The first kappa shape index (κ1) is 19.1. The van der Waals surface area contributed by atoms with E-state index in [9.17, 15) is 9.59 Å². The zero-order valence-corrected chi connectivity index (χ0v) is 15.7. The van der Waals surface area contributed by atoms with Crippen molar-refractivity contribution in [2.45, 2.75) is 25.0 Å². The molecule has 1 aliphatic carbocycles. The Morgan fingerprint density at radius 1 is 1.15 bits per heavy atom. The van der Waals surface area contributed by atoms with E-state index in [1.165, 1.54) is 0 Å². The van der Waals surface area contributed by atoms with Crippen LogP contribution < -0.4 is 21.4 Å². The number of rotatable bonds is 6. The molecule has 0 unspecified atom stereocenters. The van der Waals surface area contributed by atoms with Gasteiger partial charge in [0.2, 0.25) is 0 Å². The third kappa shape index (κ3) is 3.46. The Bertz CT molecular complexity index is 853. The molecule has 1 aromatic heterocycles. The predicted octanol–water partition coefficient (Wildman–Crippen LogP) is 0.961. The average molecular weight is 371 g/mol. The molecule has 1 aliphatic rings. The minimum Gasteiger partial charge on any atom is -0.386 e. The lowest BCUT2D eigenvalue weighted by Gasteiger charge is -2.36. The fourth-order valence-corrected chi connectivity index (χ4v) is 3.64. The van der Waals surface area contributed by atoms with Crippen molar-refractivity contribution in [3.63, 3.8) is 0 Å². The van der Waals surface area contributed by atoms with Crippen molar-refractivity contribution < 1.29 is 14.8 Å². The fourth-order valence-electron chi connectivity index (χ4n) is 3.64. The molecule has 2 aromatic rings. The molecule has 27 heavy (non-hydrogen) atoms. The smallest absolute Gasteiger partial charge is 0.274 e. The Labute approximate surface area is 157 Å². The standard InChI is InChI=1S/C19H25N5O3/c1-20-14-11-24(10-12-4-6-13(7-5-12)18(26)23-27)15-8-19(21-2,22-3)9-16(25)17(14)15/h4-7,11,20-22,27H,8-10H2,1-3H3,(H,23,26). The first-order chi connectivity index (χ1) is 13.0. The maximum atomic E-state index is 12.8. The summed E-state index contributed by atoms with van der Waals surface area (Å²) < 4.78 is 2.07. The molecule has 5 N–H and O–H groups in total. The number of benzene rings is 1. The van der Waals surface area contributed by atoms with Crippen LogP contribution in [0.4, 0.5) is 5.69 Å². The lowest BCUT2D eigenvalue weighted by atomic mass is 9.86. The van der Waals surface area contributed by atoms with Gasteiger partial charge in [-0.3, -0.25) is 14.8 Å². The molecular weight excluding hydrogens is 346 g/mol. The largest absolute Gasteiger partial charge is 0.386 e. The summed E-state index contributed by atoms with van der Waals surface area (Å²) >= 11 is 0. The van der Waals surface area contributed by atoms with E-state index in [-0.39, 0.29) is 5.78 Å². The molecule has 0 aliphatic heterocycles. The first-order valence-corrected chi connectivity index (χ1v) is 8.81. The van der Waals surface area contributed by atoms with E-state index in [2.05, 4.69) is 20.5 Å². The molecule has 0 saturated carbocycles. The van der Waals surface area contributed by atoms with Crippen molar-refractivity contribution in [2.75, 3.05) is 26.5 Å². The summed E-state index contributed by atoms with van der Waals surface area (Å²) in [6, 6.07) is 6.99. The van der Waals surface area contributed by atoms with Gasteiger partial charge in [-0.1, -0.05) is 12.1 Å². The molecule has 144 valence electrons. The highest BCUT2D eigenvalue weighted by Gasteiger charge is 2.39. The molecule has 0 spiro atoms. The van der Waals surface area contributed by atoms with Crippen LogP contribution in [0.15, 0.2) is 30.5 Å². The van der Waals surface area contributed by atoms with Gasteiger partial charge in [-0.2, -0.15) is 0 Å². The van der Waals surface area contributed by atoms with Crippen LogP contribution in [0, 0.1) is 0 Å². The van der Waals surface area contributed by atoms with Crippen LogP contribution in [0.5, 0.6) is 0 Å². The zero-order valence-electron chi connectivity index (χ0n) is 15.7. The number of fused-ring (bicyclic) bond motifs is 1. The summed E-state index contributed by atoms with van der Waals surface area (Å²) in [4.78, 5) is 24.3. The molecule has 0 radical (unpaired) electrons. The number of likely N-dealkylation sites (N-methyl/N-ethyl adjacent to an activating group) is 2. The summed E-state index contributed by atoms with van der Waals surface area (Å²) in [6.45, 7) is 0.571. The van der Waals surface area contributed by atoms with Crippen molar-refractivity contribution >= 4 is 17.4 Å². The highest BCUT2D eigenvalue weighted by molar-refractivity contribution is 6.04. The minimum absolute atomic E-state index is 0.0954. The minimum atomic E-state index is -0.546. The zero-order chi connectivity index (χ0) is 19.6. The predicted molar refractivity (Wildman–Crippen MR) is 102 cm³/mol. The summed E-state index contributed by atoms with van der Waals surface area (Å²) in [6.07, 6.45) is 3.02. The number of amides is 1. The van der Waals surface area contributed by atoms with Crippen molar-refractivity contribution in [3.8, 4) is 0 Å². The quantitative estimate of drug-likeness (QED) is 0.294. The van der Waals surface area contributed by atoms with Gasteiger partial charge in [0.1, 0.15) is 0 Å². The Morgan fingerprint density at radius 2 is 1.81 bits per heavy atom. The van der Waals surface area contributed by atoms with E-state index in [1.54, 1.807) is 17.6 Å². The van der Waals surface area contributed by atoms with E-state index >= 15 is 0 Å². The van der Waals surface area contributed by atoms with Crippen LogP contribution in [-0.2, 0) is 13.0 Å². The van der Waals surface area contributed by atoms with Gasteiger partial charge in [0, 0.05) is 43.9 Å².